The minimum absolute atomic E-state index is 0.0964. The van der Waals surface area contributed by atoms with E-state index in [9.17, 15) is 23.7 Å². The van der Waals surface area contributed by atoms with Crippen molar-refractivity contribution in [3.05, 3.63) is 259 Å². The number of aromatic nitrogens is 2. The lowest BCUT2D eigenvalue weighted by atomic mass is 9.91. The fourth-order valence-electron chi connectivity index (χ4n) is 14.9. The van der Waals surface area contributed by atoms with Gasteiger partial charge in [-0.2, -0.15) is 23.7 Å². The van der Waals surface area contributed by atoms with Crippen LogP contribution in [0.15, 0.2) is 176 Å². The predicted molar refractivity (Wildman–Crippen MR) is 359 cm³/mol. The van der Waals surface area contributed by atoms with E-state index in [1.807, 2.05) is 36.4 Å². The Balaban J connectivity index is 1.14. The fraction of sp³-hybridized carbons (Fsp3) is 0.160. The van der Waals surface area contributed by atoms with E-state index in [-0.39, 0.29) is 5.56 Å². The molecular formula is C81H65F3N4. The van der Waals surface area contributed by atoms with Crippen molar-refractivity contribution in [2.24, 2.45) is 0 Å². The van der Waals surface area contributed by atoms with Crippen LogP contribution in [0.1, 0.15) is 83.5 Å². The number of hydrogen-bond donors (Lipinski definition) is 0. The first-order valence-electron chi connectivity index (χ1n) is 29.9. The molecule has 0 radical (unpaired) electrons. The molecule has 430 valence electrons. The van der Waals surface area contributed by atoms with E-state index in [4.69, 9.17) is 0 Å². The van der Waals surface area contributed by atoms with Crippen LogP contribution in [-0.4, -0.2) is 9.13 Å². The van der Waals surface area contributed by atoms with E-state index in [1.54, 1.807) is 0 Å². The zero-order chi connectivity index (χ0) is 61.9. The average molecular weight is 1150 g/mol. The topological polar surface area (TPSA) is 57.4 Å². The highest BCUT2D eigenvalue weighted by molar-refractivity contribution is 6.14. The Morgan fingerprint density at radius 3 is 0.989 bits per heavy atom. The molecule has 2 heterocycles. The van der Waals surface area contributed by atoms with Crippen molar-refractivity contribution in [1.29, 1.82) is 10.5 Å². The lowest BCUT2D eigenvalue weighted by Crippen LogP contribution is -2.05. The second-order valence-electron chi connectivity index (χ2n) is 24.6. The zero-order valence-electron chi connectivity index (χ0n) is 51.7. The van der Waals surface area contributed by atoms with Gasteiger partial charge in [-0.25, -0.2) is 0 Å². The number of aryl methyl sites for hydroxylation is 12. The Morgan fingerprint density at radius 2 is 0.648 bits per heavy atom. The van der Waals surface area contributed by atoms with Crippen molar-refractivity contribution in [2.45, 2.75) is 89.3 Å². The molecule has 0 bridgehead atoms. The number of rotatable bonds is 8. The molecule has 13 rings (SSSR count). The fourth-order valence-corrected chi connectivity index (χ4v) is 14.9. The van der Waals surface area contributed by atoms with Crippen molar-refractivity contribution in [3.8, 4) is 90.3 Å². The summed E-state index contributed by atoms with van der Waals surface area (Å²) in [4.78, 5) is 0. The van der Waals surface area contributed by atoms with Crippen LogP contribution in [0.5, 0.6) is 0 Å². The van der Waals surface area contributed by atoms with E-state index in [0.717, 1.165) is 94.8 Å². The lowest BCUT2D eigenvalue weighted by Gasteiger charge is -2.21. The van der Waals surface area contributed by atoms with Crippen LogP contribution in [0.4, 0.5) is 13.2 Å². The third-order valence-electron chi connectivity index (χ3n) is 18.1. The molecule has 0 atom stereocenters. The van der Waals surface area contributed by atoms with Gasteiger partial charge in [0.25, 0.3) is 0 Å². The smallest absolute Gasteiger partial charge is 0.309 e. The standard InChI is InChI=1S/C81H65F3N4/c1-44-27-48(5)77(49(6)28-44)58-15-23-72-67(37-58)68-38-59(78-50(7)29-45(2)30-51(78)8)16-24-73(68)87(72)71-22-13-56(42-85)35-66(71)65-20-14-57(64-21-19-63(81(82,83)84)36-62(64)43-86)41-76(65)88-74-25-17-60(79-52(9)31-46(3)32-53(79)10)39-69(74)70-40-61(18-26-75(70)88)80-54(11)33-47(4)34-55(80)12/h13-41H,1-12H3. The van der Waals surface area contributed by atoms with Crippen LogP contribution in [-0.2, 0) is 6.18 Å². The second kappa shape index (κ2) is 21.3. The van der Waals surface area contributed by atoms with Crippen molar-refractivity contribution in [2.75, 3.05) is 0 Å². The van der Waals surface area contributed by atoms with Gasteiger partial charge < -0.3 is 9.13 Å². The van der Waals surface area contributed by atoms with Gasteiger partial charge in [0, 0.05) is 32.7 Å². The highest BCUT2D eigenvalue weighted by Crippen LogP contribution is 2.47. The number of fused-ring (bicyclic) bond motifs is 6. The maximum atomic E-state index is 14.4. The number of alkyl halides is 3. The number of benzene rings is 11. The Kier molecular flexibility index (Phi) is 13.8. The Labute approximate surface area is 512 Å². The van der Waals surface area contributed by atoms with Crippen molar-refractivity contribution in [1.82, 2.24) is 9.13 Å². The molecule has 0 aliphatic carbocycles. The average Bonchev–Trinajstić information content (AvgIpc) is 1.75. The summed E-state index contributed by atoms with van der Waals surface area (Å²) in [5.41, 5.74) is 30.7. The minimum Gasteiger partial charge on any atom is -0.309 e. The van der Waals surface area contributed by atoms with Gasteiger partial charge in [0.05, 0.1) is 62.3 Å². The number of halogens is 3. The number of nitrogens with zero attached hydrogens (tertiary/aromatic N) is 4. The van der Waals surface area contributed by atoms with E-state index in [1.165, 1.54) is 95.1 Å². The Hall–Kier alpha value is -10.2. The van der Waals surface area contributed by atoms with Crippen LogP contribution in [0.3, 0.4) is 0 Å². The first kappa shape index (κ1) is 56.9. The van der Waals surface area contributed by atoms with Gasteiger partial charge in [0.1, 0.15) is 0 Å². The maximum absolute atomic E-state index is 14.4. The van der Waals surface area contributed by atoms with Crippen molar-refractivity contribution < 1.29 is 13.2 Å². The van der Waals surface area contributed by atoms with E-state index >= 15 is 0 Å². The van der Waals surface area contributed by atoms with E-state index in [2.05, 4.69) is 226 Å². The van der Waals surface area contributed by atoms with Gasteiger partial charge >= 0.3 is 6.18 Å². The van der Waals surface area contributed by atoms with E-state index in [0.29, 0.717) is 22.4 Å². The molecular weight excluding hydrogens is 1090 g/mol. The molecule has 4 nitrogen and oxygen atoms in total. The summed E-state index contributed by atoms with van der Waals surface area (Å²) in [5.74, 6) is 0. The minimum atomic E-state index is -4.65. The summed E-state index contributed by atoms with van der Waals surface area (Å²) in [6.07, 6.45) is -4.65. The summed E-state index contributed by atoms with van der Waals surface area (Å²) < 4.78 is 47.7. The van der Waals surface area contributed by atoms with Gasteiger partial charge in [-0.3, -0.25) is 0 Å². The maximum Gasteiger partial charge on any atom is 0.416 e. The van der Waals surface area contributed by atoms with Crippen LogP contribution >= 0.6 is 0 Å². The molecule has 13 aromatic rings. The molecule has 11 aromatic carbocycles. The van der Waals surface area contributed by atoms with Gasteiger partial charge in [-0.05, 0) is 268 Å². The summed E-state index contributed by atoms with van der Waals surface area (Å²) in [6, 6.07) is 64.5. The third-order valence-corrected chi connectivity index (χ3v) is 18.1. The molecule has 0 saturated heterocycles. The first-order chi connectivity index (χ1) is 42.1. The molecule has 88 heavy (non-hydrogen) atoms. The Bertz CT molecular complexity index is 4920. The molecule has 7 heteroatoms. The quantitative estimate of drug-likeness (QED) is 0.152. The largest absolute Gasteiger partial charge is 0.416 e. The molecule has 0 aliphatic heterocycles. The normalized spacial score (nSPS) is 11.8. The van der Waals surface area contributed by atoms with Crippen LogP contribution in [0.2, 0.25) is 0 Å². The van der Waals surface area contributed by atoms with Crippen LogP contribution < -0.4 is 0 Å². The van der Waals surface area contributed by atoms with Crippen molar-refractivity contribution in [3.63, 3.8) is 0 Å². The number of nitriles is 2. The molecule has 0 unspecified atom stereocenters. The van der Waals surface area contributed by atoms with E-state index < -0.39 is 11.7 Å². The summed E-state index contributed by atoms with van der Waals surface area (Å²) in [7, 11) is 0. The molecule has 0 N–H and O–H groups in total. The molecule has 2 aromatic heterocycles. The lowest BCUT2D eigenvalue weighted by molar-refractivity contribution is -0.137. The zero-order valence-corrected chi connectivity index (χ0v) is 51.7. The summed E-state index contributed by atoms with van der Waals surface area (Å²) in [5, 5.41) is 25.7. The SMILES string of the molecule is Cc1cc(C)c(-c2ccc3c(c2)c2cc(-c4c(C)cc(C)cc4C)ccc2n3-c2ccc(C#N)cc2-c2ccc(-c3ccc(C(F)(F)F)cc3C#N)cc2-n2c3ccc(-c4c(C)cc(C)cc4C)cc3c3cc(-c4c(C)cc(C)cc4C)ccc32)c(C)c1. The third kappa shape index (κ3) is 9.54. The van der Waals surface area contributed by atoms with Gasteiger partial charge in [-0.1, -0.05) is 113 Å². The Morgan fingerprint density at radius 1 is 0.307 bits per heavy atom. The van der Waals surface area contributed by atoms with Gasteiger partial charge in [0.2, 0.25) is 0 Å². The molecule has 0 amide bonds. The van der Waals surface area contributed by atoms with Crippen LogP contribution in [0.25, 0.3) is 122 Å². The molecule has 0 aliphatic rings. The first-order valence-corrected chi connectivity index (χ1v) is 29.9. The number of hydrogen-bond acceptors (Lipinski definition) is 2. The monoisotopic (exact) mass is 1150 g/mol. The summed E-state index contributed by atoms with van der Waals surface area (Å²) in [6.45, 7) is 25.9. The van der Waals surface area contributed by atoms with Crippen molar-refractivity contribution >= 4 is 43.6 Å². The van der Waals surface area contributed by atoms with Crippen LogP contribution in [0, 0.1) is 106 Å². The molecule has 0 spiro atoms. The molecule has 0 fully saturated rings. The predicted octanol–water partition coefficient (Wildman–Crippen LogP) is 22.3. The summed E-state index contributed by atoms with van der Waals surface area (Å²) >= 11 is 0. The van der Waals surface area contributed by atoms with Gasteiger partial charge in [-0.15, -0.1) is 0 Å². The van der Waals surface area contributed by atoms with Gasteiger partial charge in [0.15, 0.2) is 0 Å². The molecule has 0 saturated carbocycles. The highest BCUT2D eigenvalue weighted by Gasteiger charge is 2.32. The highest BCUT2D eigenvalue weighted by atomic mass is 19.4. The second-order valence-corrected chi connectivity index (χ2v) is 24.6.